The first-order chi connectivity index (χ1) is 9.33. The van der Waals surface area contributed by atoms with E-state index >= 15 is 0 Å². The Hall–Kier alpha value is -1.83. The van der Waals surface area contributed by atoms with E-state index in [0.29, 0.717) is 0 Å². The molecule has 0 unspecified atom stereocenters. The second-order valence-electron chi connectivity index (χ2n) is 4.63. The number of fused-ring (bicyclic) bond motifs is 1. The lowest BCUT2D eigenvalue weighted by molar-refractivity contribution is 0.641. The largest absolute Gasteiger partial charge is 0.265 e. The molecule has 2 nitrogen and oxygen atoms in total. The van der Waals surface area contributed by atoms with Crippen LogP contribution < -0.4 is 0 Å². The van der Waals surface area contributed by atoms with Crippen molar-refractivity contribution in [1.82, 2.24) is 9.78 Å². The van der Waals surface area contributed by atoms with Crippen LogP contribution in [0.1, 0.15) is 42.7 Å². The summed E-state index contributed by atoms with van der Waals surface area (Å²) in [6, 6.07) is 8.68. The molecule has 2 aromatic rings. The number of hydrogen-bond acceptors (Lipinski definition) is 1. The first kappa shape index (κ1) is 13.6. The molecule has 0 bridgehead atoms. The Kier molecular flexibility index (Phi) is 4.56. The van der Waals surface area contributed by atoms with Crippen LogP contribution in [0.15, 0.2) is 36.5 Å². The summed E-state index contributed by atoms with van der Waals surface area (Å²) >= 11 is 0. The van der Waals surface area contributed by atoms with Crippen molar-refractivity contribution in [2.75, 3.05) is 0 Å². The SMILES string of the molecule is CC.Cc1ccc(Cn2ncc3c2CCC=C3)cc1. The van der Waals surface area contributed by atoms with Gasteiger partial charge in [-0.1, -0.05) is 55.8 Å². The molecule has 0 spiro atoms. The van der Waals surface area contributed by atoms with Crippen molar-refractivity contribution < 1.29 is 0 Å². The van der Waals surface area contributed by atoms with Gasteiger partial charge in [0.25, 0.3) is 0 Å². The van der Waals surface area contributed by atoms with E-state index in [9.17, 15) is 0 Å². The molecular formula is C17H22N2. The van der Waals surface area contributed by atoms with Gasteiger partial charge in [0.05, 0.1) is 12.7 Å². The summed E-state index contributed by atoms with van der Waals surface area (Å²) in [6.07, 6.45) is 8.61. The Bertz CT molecular complexity index is 547. The summed E-state index contributed by atoms with van der Waals surface area (Å²) < 4.78 is 2.13. The maximum atomic E-state index is 4.48. The van der Waals surface area contributed by atoms with Gasteiger partial charge in [-0.25, -0.2) is 0 Å². The highest BCUT2D eigenvalue weighted by molar-refractivity contribution is 5.53. The molecular weight excluding hydrogens is 232 g/mol. The number of aryl methyl sites for hydroxylation is 1. The van der Waals surface area contributed by atoms with Gasteiger partial charge in [0, 0.05) is 11.3 Å². The van der Waals surface area contributed by atoms with E-state index in [0.717, 1.165) is 19.4 Å². The van der Waals surface area contributed by atoms with Crippen molar-refractivity contribution >= 4 is 6.08 Å². The zero-order valence-electron chi connectivity index (χ0n) is 12.1. The van der Waals surface area contributed by atoms with Gasteiger partial charge in [-0.2, -0.15) is 5.10 Å². The molecule has 19 heavy (non-hydrogen) atoms. The molecule has 0 N–H and O–H groups in total. The average Bonchev–Trinajstić information content (AvgIpc) is 2.87. The zero-order valence-corrected chi connectivity index (χ0v) is 12.1. The number of nitrogens with zero attached hydrogens (tertiary/aromatic N) is 2. The lowest BCUT2D eigenvalue weighted by atomic mass is 10.1. The molecule has 0 fully saturated rings. The first-order valence-electron chi connectivity index (χ1n) is 7.10. The highest BCUT2D eigenvalue weighted by Crippen LogP contribution is 2.19. The molecule has 100 valence electrons. The Morgan fingerprint density at radius 1 is 1.16 bits per heavy atom. The van der Waals surface area contributed by atoms with Crippen LogP contribution in [-0.4, -0.2) is 9.78 Å². The first-order valence-corrected chi connectivity index (χ1v) is 7.10. The summed E-state index contributed by atoms with van der Waals surface area (Å²) in [7, 11) is 0. The van der Waals surface area contributed by atoms with Crippen LogP contribution in [0.4, 0.5) is 0 Å². The molecule has 2 heteroatoms. The number of aromatic nitrogens is 2. The minimum atomic E-state index is 0.878. The van der Waals surface area contributed by atoms with Crippen molar-refractivity contribution in [3.05, 3.63) is 58.9 Å². The smallest absolute Gasteiger partial charge is 0.0662 e. The molecule has 3 rings (SSSR count). The van der Waals surface area contributed by atoms with Crippen molar-refractivity contribution in [1.29, 1.82) is 0 Å². The van der Waals surface area contributed by atoms with Crippen LogP contribution in [0.2, 0.25) is 0 Å². The van der Waals surface area contributed by atoms with Gasteiger partial charge in [0.2, 0.25) is 0 Å². The summed E-state index contributed by atoms with van der Waals surface area (Å²) in [5, 5.41) is 4.48. The van der Waals surface area contributed by atoms with E-state index < -0.39 is 0 Å². The summed E-state index contributed by atoms with van der Waals surface area (Å²) in [6.45, 7) is 6.99. The topological polar surface area (TPSA) is 17.8 Å². The maximum Gasteiger partial charge on any atom is 0.0662 e. The third kappa shape index (κ3) is 3.14. The monoisotopic (exact) mass is 254 g/mol. The van der Waals surface area contributed by atoms with Crippen LogP contribution >= 0.6 is 0 Å². The van der Waals surface area contributed by atoms with E-state index in [-0.39, 0.29) is 0 Å². The molecule has 0 aliphatic heterocycles. The second-order valence-corrected chi connectivity index (χ2v) is 4.63. The number of allylic oxidation sites excluding steroid dienone is 1. The highest BCUT2D eigenvalue weighted by Gasteiger charge is 2.11. The molecule has 0 saturated heterocycles. The molecule has 0 saturated carbocycles. The van der Waals surface area contributed by atoms with Gasteiger partial charge in [-0.15, -0.1) is 0 Å². The van der Waals surface area contributed by atoms with Gasteiger partial charge >= 0.3 is 0 Å². The second kappa shape index (κ2) is 6.37. The van der Waals surface area contributed by atoms with E-state index in [4.69, 9.17) is 0 Å². The van der Waals surface area contributed by atoms with Gasteiger partial charge in [-0.3, -0.25) is 4.68 Å². The van der Waals surface area contributed by atoms with Crippen molar-refractivity contribution in [3.63, 3.8) is 0 Å². The normalized spacial score (nSPS) is 12.6. The fourth-order valence-electron chi connectivity index (χ4n) is 2.27. The van der Waals surface area contributed by atoms with E-state index in [1.807, 2.05) is 20.0 Å². The van der Waals surface area contributed by atoms with Crippen LogP contribution in [0, 0.1) is 6.92 Å². The minimum absolute atomic E-state index is 0.878. The number of rotatable bonds is 2. The average molecular weight is 254 g/mol. The lowest BCUT2D eigenvalue weighted by Gasteiger charge is -2.10. The van der Waals surface area contributed by atoms with Gasteiger partial charge in [0.1, 0.15) is 0 Å². The molecule has 1 aliphatic rings. The summed E-state index contributed by atoms with van der Waals surface area (Å²) in [5.41, 5.74) is 5.27. The lowest BCUT2D eigenvalue weighted by Crippen LogP contribution is -2.07. The van der Waals surface area contributed by atoms with Crippen LogP contribution in [0.5, 0.6) is 0 Å². The fraction of sp³-hybridized carbons (Fsp3) is 0.353. The summed E-state index contributed by atoms with van der Waals surface area (Å²) in [4.78, 5) is 0. The molecule has 0 radical (unpaired) electrons. The number of hydrogen-bond donors (Lipinski definition) is 0. The van der Waals surface area contributed by atoms with Crippen molar-refractivity contribution in [2.45, 2.75) is 40.2 Å². The molecule has 0 atom stereocenters. The minimum Gasteiger partial charge on any atom is -0.265 e. The van der Waals surface area contributed by atoms with Crippen molar-refractivity contribution in [3.8, 4) is 0 Å². The Morgan fingerprint density at radius 2 is 1.89 bits per heavy atom. The molecule has 1 aromatic carbocycles. The molecule has 0 amide bonds. The zero-order chi connectivity index (χ0) is 13.7. The van der Waals surface area contributed by atoms with E-state index in [2.05, 4.69) is 53.1 Å². The third-order valence-electron chi connectivity index (χ3n) is 3.28. The van der Waals surface area contributed by atoms with Crippen LogP contribution in [-0.2, 0) is 13.0 Å². The van der Waals surface area contributed by atoms with Crippen molar-refractivity contribution in [2.24, 2.45) is 0 Å². The van der Waals surface area contributed by atoms with Crippen LogP contribution in [0.25, 0.3) is 6.08 Å². The fourth-order valence-corrected chi connectivity index (χ4v) is 2.27. The van der Waals surface area contributed by atoms with Gasteiger partial charge in [-0.05, 0) is 25.3 Å². The Balaban J connectivity index is 0.000000637. The molecule has 1 heterocycles. The summed E-state index contributed by atoms with van der Waals surface area (Å²) in [5.74, 6) is 0. The van der Waals surface area contributed by atoms with E-state index in [1.54, 1.807) is 0 Å². The predicted octanol–water partition coefficient (Wildman–Crippen LogP) is 4.23. The Labute approximate surface area is 115 Å². The standard InChI is InChI=1S/C15H16N2.C2H6/c1-12-6-8-13(9-7-12)11-17-15-5-3-2-4-14(15)10-16-17;1-2/h2,4,6-10H,3,5,11H2,1H3;1-2H3. The molecule has 1 aliphatic carbocycles. The van der Waals surface area contributed by atoms with Gasteiger partial charge in [0.15, 0.2) is 0 Å². The quantitative estimate of drug-likeness (QED) is 0.784. The molecule has 1 aromatic heterocycles. The van der Waals surface area contributed by atoms with Crippen LogP contribution in [0.3, 0.4) is 0 Å². The number of benzene rings is 1. The highest BCUT2D eigenvalue weighted by atomic mass is 15.3. The van der Waals surface area contributed by atoms with E-state index in [1.165, 1.54) is 22.4 Å². The maximum absolute atomic E-state index is 4.48. The Morgan fingerprint density at radius 3 is 2.63 bits per heavy atom. The van der Waals surface area contributed by atoms with Gasteiger partial charge < -0.3 is 0 Å². The predicted molar refractivity (Wildman–Crippen MR) is 81.2 cm³/mol. The third-order valence-corrected chi connectivity index (χ3v) is 3.28.